The normalized spacial score (nSPS) is 18.4. The van der Waals surface area contributed by atoms with Crippen LogP contribution in [0.3, 0.4) is 0 Å². The zero-order valence-electron chi connectivity index (χ0n) is 28.2. The number of anilines is 1. The lowest BCUT2D eigenvalue weighted by molar-refractivity contribution is -0.904. The van der Waals surface area contributed by atoms with E-state index in [-0.39, 0.29) is 56.9 Å². The number of fused-ring (bicyclic) bond motifs is 3. The number of pyridine rings is 1. The predicted molar refractivity (Wildman–Crippen MR) is 185 cm³/mol. The Bertz CT molecular complexity index is 2000. The lowest BCUT2D eigenvalue weighted by atomic mass is 9.82. The van der Waals surface area contributed by atoms with Crippen molar-refractivity contribution in [1.29, 1.82) is 0 Å². The maximum Gasteiger partial charge on any atom is 0.415 e. The maximum absolute atomic E-state index is 15.3. The van der Waals surface area contributed by atoms with Crippen molar-refractivity contribution in [3.05, 3.63) is 117 Å². The minimum Gasteiger partial charge on any atom is -0.478 e. The standard InChI is InChI=1S/C37H32Cl2F5N3O7/c38-27-17-46(51)18-28(39)26(27)15-24(22-6-8-31(52-35(41)42)32(14-22)53-36(43)44)25-13-20(5-7-23(25)34(48)49)16-47(30-4-2-1-3-29(30)40)37(50)54-33-19-45-11-9-21(33)10-12-45/h1-8,13-14,17-18,21,24,33,35-36H,9-12,15-16,19H2,(H-,48,49,51)/p+1/t24-,33-/m0/s1. The summed E-state index contributed by atoms with van der Waals surface area (Å²) in [4.78, 5) is 29.9. The average molecular weight is 798 g/mol. The molecule has 4 heterocycles. The van der Waals surface area contributed by atoms with Gasteiger partial charge in [0.15, 0.2) is 11.5 Å². The molecule has 0 saturated carbocycles. The van der Waals surface area contributed by atoms with E-state index in [1.165, 1.54) is 42.5 Å². The number of amides is 1. The van der Waals surface area contributed by atoms with Crippen LogP contribution in [-0.4, -0.2) is 66.2 Å². The predicted octanol–water partition coefficient (Wildman–Crippen LogP) is 8.17. The maximum atomic E-state index is 15.3. The largest absolute Gasteiger partial charge is 0.478 e. The zero-order valence-corrected chi connectivity index (χ0v) is 29.7. The second kappa shape index (κ2) is 16.7. The molecule has 0 aliphatic carbocycles. The summed E-state index contributed by atoms with van der Waals surface area (Å²) < 4.78 is 84.1. The van der Waals surface area contributed by atoms with Gasteiger partial charge in [-0.15, -0.1) is 0 Å². The molecule has 17 heteroatoms. The molecule has 3 aliphatic heterocycles. The van der Waals surface area contributed by atoms with Gasteiger partial charge in [-0.25, -0.2) is 14.0 Å². The molecule has 10 nitrogen and oxygen atoms in total. The van der Waals surface area contributed by atoms with E-state index in [0.29, 0.717) is 16.8 Å². The third-order valence-corrected chi connectivity index (χ3v) is 10.2. The SMILES string of the molecule is O=C(O)c1ccc(CN(C(=O)O[C@H]2CN3CCC2CC3)c2ccccc2F)cc1[C@@H](Cc1c(Cl)c[n+](O)cc1Cl)c1ccc(OC(F)F)c(OC(F)F)c1. The first-order valence-corrected chi connectivity index (χ1v) is 17.5. The fraction of sp³-hybridized carbons (Fsp3) is 0.324. The van der Waals surface area contributed by atoms with Crippen molar-refractivity contribution in [2.24, 2.45) is 5.92 Å². The Kier molecular flexibility index (Phi) is 12.0. The lowest BCUT2D eigenvalue weighted by Crippen LogP contribution is -2.53. The van der Waals surface area contributed by atoms with Crippen LogP contribution in [0.25, 0.3) is 0 Å². The van der Waals surface area contributed by atoms with Gasteiger partial charge in [0.05, 0.1) is 17.8 Å². The number of halogens is 7. The number of carboxylic acids is 1. The van der Waals surface area contributed by atoms with Gasteiger partial charge in [-0.1, -0.05) is 53.5 Å². The Morgan fingerprint density at radius 2 is 1.59 bits per heavy atom. The van der Waals surface area contributed by atoms with Crippen LogP contribution in [0.4, 0.5) is 32.4 Å². The van der Waals surface area contributed by atoms with Crippen molar-refractivity contribution in [2.45, 2.75) is 51.1 Å². The molecule has 2 N–H and O–H groups in total. The summed E-state index contributed by atoms with van der Waals surface area (Å²) in [7, 11) is 0. The number of para-hydroxylation sites is 1. The average Bonchev–Trinajstić information content (AvgIpc) is 3.11. The second-order valence-electron chi connectivity index (χ2n) is 12.9. The Hall–Kier alpha value is -4.86. The van der Waals surface area contributed by atoms with E-state index in [0.717, 1.165) is 55.4 Å². The summed E-state index contributed by atoms with van der Waals surface area (Å²) in [5.74, 6) is -4.55. The highest BCUT2D eigenvalue weighted by molar-refractivity contribution is 6.35. The van der Waals surface area contributed by atoms with Crippen LogP contribution in [0.1, 0.15) is 51.4 Å². The molecule has 3 fully saturated rings. The molecule has 3 saturated heterocycles. The minimum atomic E-state index is -3.44. The number of benzene rings is 3. The Labute approximate surface area is 315 Å². The molecular formula is C37H33Cl2F5N3O7+. The van der Waals surface area contributed by atoms with E-state index in [2.05, 4.69) is 14.4 Å². The highest BCUT2D eigenvalue weighted by atomic mass is 35.5. The number of hydrogen-bond acceptors (Lipinski definition) is 7. The number of nitrogens with zero attached hydrogens (tertiary/aromatic N) is 3. The third-order valence-electron chi connectivity index (χ3n) is 9.55. The van der Waals surface area contributed by atoms with Crippen molar-refractivity contribution in [3.63, 3.8) is 0 Å². The molecule has 0 radical (unpaired) electrons. The molecule has 2 atom stereocenters. The second-order valence-corrected chi connectivity index (χ2v) is 13.7. The quantitative estimate of drug-likeness (QED) is 0.0792. The number of carbonyl (C=O) groups excluding carboxylic acids is 1. The number of ether oxygens (including phenoxy) is 3. The van der Waals surface area contributed by atoms with Crippen LogP contribution in [-0.2, 0) is 17.7 Å². The van der Waals surface area contributed by atoms with Crippen LogP contribution in [0.2, 0.25) is 10.0 Å². The summed E-state index contributed by atoms with van der Waals surface area (Å²) >= 11 is 12.9. The molecule has 7 rings (SSSR count). The van der Waals surface area contributed by atoms with E-state index >= 15 is 4.39 Å². The summed E-state index contributed by atoms with van der Waals surface area (Å²) in [6.07, 6.45) is 2.49. The molecule has 0 unspecified atom stereocenters. The first-order chi connectivity index (χ1) is 25.8. The van der Waals surface area contributed by atoms with E-state index in [1.54, 1.807) is 6.07 Å². The topological polar surface area (TPSA) is 113 Å². The van der Waals surface area contributed by atoms with Gasteiger partial charge in [0.2, 0.25) is 12.4 Å². The van der Waals surface area contributed by atoms with Gasteiger partial charge in [0.1, 0.15) is 22.0 Å². The molecule has 2 bridgehead atoms. The van der Waals surface area contributed by atoms with E-state index in [1.807, 2.05) is 0 Å². The molecule has 3 aromatic carbocycles. The molecule has 54 heavy (non-hydrogen) atoms. The third kappa shape index (κ3) is 8.91. The Balaban J connectivity index is 1.45. The van der Waals surface area contributed by atoms with Gasteiger partial charge in [0.25, 0.3) is 0 Å². The number of alkyl halides is 4. The van der Waals surface area contributed by atoms with Gasteiger partial charge in [-0.2, -0.15) is 17.6 Å². The van der Waals surface area contributed by atoms with Crippen molar-refractivity contribution >= 4 is 41.0 Å². The van der Waals surface area contributed by atoms with Crippen LogP contribution >= 0.6 is 23.2 Å². The number of aromatic carboxylic acids is 1. The Morgan fingerprint density at radius 1 is 0.926 bits per heavy atom. The van der Waals surface area contributed by atoms with E-state index < -0.39 is 54.6 Å². The highest BCUT2D eigenvalue weighted by Gasteiger charge is 2.38. The summed E-state index contributed by atoms with van der Waals surface area (Å²) in [6, 6.07) is 13.0. The van der Waals surface area contributed by atoms with Crippen molar-refractivity contribution < 1.29 is 60.8 Å². The Morgan fingerprint density at radius 3 is 2.20 bits per heavy atom. The smallest absolute Gasteiger partial charge is 0.415 e. The first kappa shape index (κ1) is 38.9. The molecule has 3 aliphatic rings. The summed E-state index contributed by atoms with van der Waals surface area (Å²) in [6.45, 7) is -4.79. The van der Waals surface area contributed by atoms with Crippen LogP contribution in [0.15, 0.2) is 73.1 Å². The molecule has 0 spiro atoms. The van der Waals surface area contributed by atoms with Gasteiger partial charge in [-0.3, -0.25) is 15.0 Å². The van der Waals surface area contributed by atoms with Gasteiger partial charge in [-0.05, 0) is 85.3 Å². The number of piperidine rings is 3. The molecule has 286 valence electrons. The monoisotopic (exact) mass is 796 g/mol. The van der Waals surface area contributed by atoms with Crippen molar-refractivity contribution in [3.8, 4) is 11.5 Å². The fourth-order valence-electron chi connectivity index (χ4n) is 7.00. The highest BCUT2D eigenvalue weighted by Crippen LogP contribution is 2.40. The van der Waals surface area contributed by atoms with Crippen LogP contribution in [0, 0.1) is 11.7 Å². The van der Waals surface area contributed by atoms with Gasteiger partial charge >= 0.3 is 25.3 Å². The minimum absolute atomic E-state index is 0.0500. The number of carbonyl (C=O) groups is 2. The summed E-state index contributed by atoms with van der Waals surface area (Å²) in [5, 5.41) is 20.2. The fourth-order valence-corrected chi connectivity index (χ4v) is 7.61. The van der Waals surface area contributed by atoms with Gasteiger partial charge in [0, 0.05) is 22.8 Å². The lowest BCUT2D eigenvalue weighted by Gasteiger charge is -2.44. The molecule has 1 aromatic heterocycles. The number of hydrogen-bond donors (Lipinski definition) is 2. The van der Waals surface area contributed by atoms with E-state index in [4.69, 9.17) is 27.9 Å². The molecule has 1 amide bonds. The van der Waals surface area contributed by atoms with Crippen LogP contribution in [0.5, 0.6) is 11.5 Å². The summed E-state index contributed by atoms with van der Waals surface area (Å²) in [5.41, 5.74) is 0.307. The van der Waals surface area contributed by atoms with E-state index in [9.17, 15) is 37.5 Å². The van der Waals surface area contributed by atoms with Crippen molar-refractivity contribution in [1.82, 2.24) is 4.90 Å². The number of aromatic nitrogens is 1. The van der Waals surface area contributed by atoms with Crippen LogP contribution < -0.4 is 19.1 Å². The number of carboxylic acid groups (broad SMARTS) is 1. The number of rotatable bonds is 13. The molecular weight excluding hydrogens is 764 g/mol. The van der Waals surface area contributed by atoms with Crippen molar-refractivity contribution in [2.75, 3.05) is 24.5 Å². The zero-order chi connectivity index (χ0) is 38.7. The van der Waals surface area contributed by atoms with Gasteiger partial charge < -0.3 is 19.3 Å². The first-order valence-electron chi connectivity index (χ1n) is 16.7. The molecule has 4 aromatic rings.